The quantitative estimate of drug-likeness (QED) is 0.938. The Labute approximate surface area is 125 Å². The molecular weight excluding hydrogens is 320 g/mol. The van der Waals surface area contributed by atoms with Gasteiger partial charge in [-0.25, -0.2) is 0 Å². The molecule has 0 aliphatic carbocycles. The largest absolute Gasteiger partial charge is 0.325 e. The van der Waals surface area contributed by atoms with Gasteiger partial charge < -0.3 is 9.88 Å². The molecule has 0 spiro atoms. The summed E-state index contributed by atoms with van der Waals surface area (Å²) in [4.78, 5) is 23.8. The summed E-state index contributed by atoms with van der Waals surface area (Å²) in [7, 11) is 0. The van der Waals surface area contributed by atoms with Crippen LogP contribution in [0, 0.1) is 13.8 Å². The van der Waals surface area contributed by atoms with Gasteiger partial charge in [-0.15, -0.1) is 0 Å². The summed E-state index contributed by atoms with van der Waals surface area (Å²) in [5.74, 6) is -0.228. The minimum absolute atomic E-state index is 0.00695. The molecule has 1 aromatic heterocycles. The monoisotopic (exact) mass is 334 g/mol. The number of nitrogens with one attached hydrogen (secondary N) is 1. The first kappa shape index (κ1) is 14.5. The molecule has 4 nitrogen and oxygen atoms in total. The Balaban J connectivity index is 2.12. The van der Waals surface area contributed by atoms with Crippen LogP contribution in [0.15, 0.2) is 45.8 Å². The number of carbonyl (C=O) groups is 1. The molecule has 1 N–H and O–H groups in total. The van der Waals surface area contributed by atoms with E-state index in [9.17, 15) is 9.59 Å². The van der Waals surface area contributed by atoms with Gasteiger partial charge in [-0.1, -0.05) is 17.7 Å². The molecule has 1 heterocycles. The van der Waals surface area contributed by atoms with E-state index in [1.165, 1.54) is 4.57 Å². The lowest BCUT2D eigenvalue weighted by Gasteiger charge is -2.09. The van der Waals surface area contributed by atoms with Crippen molar-refractivity contribution in [2.75, 3.05) is 5.32 Å². The number of hydrogen-bond acceptors (Lipinski definition) is 2. The van der Waals surface area contributed by atoms with E-state index in [0.29, 0.717) is 4.47 Å². The first-order valence-corrected chi connectivity index (χ1v) is 6.98. The van der Waals surface area contributed by atoms with Crippen molar-refractivity contribution in [3.8, 4) is 0 Å². The Bertz CT molecular complexity index is 690. The number of rotatable bonds is 3. The van der Waals surface area contributed by atoms with Crippen LogP contribution in [0.3, 0.4) is 0 Å². The van der Waals surface area contributed by atoms with E-state index in [0.717, 1.165) is 16.8 Å². The highest BCUT2D eigenvalue weighted by Gasteiger charge is 2.07. The predicted molar refractivity (Wildman–Crippen MR) is 82.9 cm³/mol. The Morgan fingerprint density at radius 2 is 1.85 bits per heavy atom. The van der Waals surface area contributed by atoms with E-state index >= 15 is 0 Å². The van der Waals surface area contributed by atoms with E-state index in [-0.39, 0.29) is 18.0 Å². The summed E-state index contributed by atoms with van der Waals surface area (Å²) in [6, 6.07) is 9.25. The van der Waals surface area contributed by atoms with Crippen molar-refractivity contribution < 1.29 is 4.79 Å². The maximum atomic E-state index is 12.0. The van der Waals surface area contributed by atoms with E-state index in [4.69, 9.17) is 0 Å². The topological polar surface area (TPSA) is 51.1 Å². The number of aromatic nitrogens is 1. The Morgan fingerprint density at radius 3 is 2.50 bits per heavy atom. The Kier molecular flexibility index (Phi) is 4.39. The fourth-order valence-electron chi connectivity index (χ4n) is 1.85. The first-order valence-electron chi connectivity index (χ1n) is 6.19. The Morgan fingerprint density at radius 1 is 1.20 bits per heavy atom. The van der Waals surface area contributed by atoms with Gasteiger partial charge in [0.15, 0.2) is 0 Å². The highest BCUT2D eigenvalue weighted by molar-refractivity contribution is 9.10. The van der Waals surface area contributed by atoms with Crippen molar-refractivity contribution in [3.63, 3.8) is 0 Å². The van der Waals surface area contributed by atoms with Gasteiger partial charge in [0, 0.05) is 11.9 Å². The molecule has 1 aromatic carbocycles. The molecule has 0 saturated heterocycles. The highest BCUT2D eigenvalue weighted by Crippen LogP contribution is 2.09. The summed E-state index contributed by atoms with van der Waals surface area (Å²) in [6.07, 6.45) is 1.67. The predicted octanol–water partition coefficient (Wildman–Crippen LogP) is 2.87. The molecular formula is C15H15BrN2O2. The summed E-state index contributed by atoms with van der Waals surface area (Å²) >= 11 is 3.20. The van der Waals surface area contributed by atoms with Crippen LogP contribution in [0.25, 0.3) is 0 Å². The molecule has 20 heavy (non-hydrogen) atoms. The standard InChI is InChI=1S/C15H15BrN2O2/c1-10-3-5-12(6-4-10)17-14(19)9-18-8-11(2)7-13(16)15(18)20/h3-8H,9H2,1-2H3,(H,17,19). The molecule has 104 valence electrons. The van der Waals surface area contributed by atoms with Crippen molar-refractivity contribution in [1.82, 2.24) is 4.57 Å². The zero-order chi connectivity index (χ0) is 14.7. The number of carbonyl (C=O) groups excluding carboxylic acids is 1. The van der Waals surface area contributed by atoms with Gasteiger partial charge >= 0.3 is 0 Å². The molecule has 0 atom stereocenters. The van der Waals surface area contributed by atoms with Crippen molar-refractivity contribution in [2.45, 2.75) is 20.4 Å². The number of benzene rings is 1. The minimum Gasteiger partial charge on any atom is -0.325 e. The van der Waals surface area contributed by atoms with Gasteiger partial charge in [-0.3, -0.25) is 9.59 Å². The minimum atomic E-state index is -0.228. The zero-order valence-corrected chi connectivity index (χ0v) is 12.9. The molecule has 2 rings (SSSR count). The first-order chi connectivity index (χ1) is 9.45. The summed E-state index contributed by atoms with van der Waals surface area (Å²) in [5, 5.41) is 2.77. The number of nitrogens with zero attached hydrogens (tertiary/aromatic N) is 1. The lowest BCUT2D eigenvalue weighted by atomic mass is 10.2. The second-order valence-corrected chi connectivity index (χ2v) is 5.57. The zero-order valence-electron chi connectivity index (χ0n) is 11.3. The summed E-state index contributed by atoms with van der Waals surface area (Å²) < 4.78 is 1.85. The average molecular weight is 335 g/mol. The van der Waals surface area contributed by atoms with Crippen molar-refractivity contribution in [3.05, 3.63) is 62.5 Å². The molecule has 1 amide bonds. The number of pyridine rings is 1. The number of hydrogen-bond donors (Lipinski definition) is 1. The maximum Gasteiger partial charge on any atom is 0.265 e. The second kappa shape index (κ2) is 6.05. The van der Waals surface area contributed by atoms with Crippen molar-refractivity contribution in [1.29, 1.82) is 0 Å². The third-order valence-electron chi connectivity index (χ3n) is 2.83. The lowest BCUT2D eigenvalue weighted by Crippen LogP contribution is -2.27. The van der Waals surface area contributed by atoms with Crippen molar-refractivity contribution >= 4 is 27.5 Å². The van der Waals surface area contributed by atoms with Gasteiger partial charge in [0.25, 0.3) is 5.56 Å². The van der Waals surface area contributed by atoms with Crippen LogP contribution < -0.4 is 10.9 Å². The fourth-order valence-corrected chi connectivity index (χ4v) is 2.44. The molecule has 0 aliphatic heterocycles. The van der Waals surface area contributed by atoms with Crippen LogP contribution in [-0.4, -0.2) is 10.5 Å². The number of amides is 1. The number of aryl methyl sites for hydroxylation is 2. The second-order valence-electron chi connectivity index (χ2n) is 4.71. The smallest absolute Gasteiger partial charge is 0.265 e. The molecule has 2 aromatic rings. The van der Waals surface area contributed by atoms with Crippen LogP contribution in [0.2, 0.25) is 0 Å². The number of anilines is 1. The molecule has 5 heteroatoms. The van der Waals surface area contributed by atoms with E-state index in [2.05, 4.69) is 21.2 Å². The average Bonchev–Trinajstić information content (AvgIpc) is 2.38. The summed E-state index contributed by atoms with van der Waals surface area (Å²) in [5.41, 5.74) is 2.55. The van der Waals surface area contributed by atoms with Gasteiger partial charge in [0.1, 0.15) is 6.54 Å². The van der Waals surface area contributed by atoms with Crippen molar-refractivity contribution in [2.24, 2.45) is 0 Å². The normalized spacial score (nSPS) is 10.3. The van der Waals surface area contributed by atoms with Crippen LogP contribution in [0.1, 0.15) is 11.1 Å². The molecule has 0 unspecified atom stereocenters. The van der Waals surface area contributed by atoms with Gasteiger partial charge in [-0.05, 0) is 53.5 Å². The molecule has 0 saturated carbocycles. The van der Waals surface area contributed by atoms with Crippen LogP contribution >= 0.6 is 15.9 Å². The molecule has 0 bridgehead atoms. The third kappa shape index (κ3) is 3.57. The lowest BCUT2D eigenvalue weighted by molar-refractivity contribution is -0.116. The van der Waals surface area contributed by atoms with Gasteiger partial charge in [0.2, 0.25) is 5.91 Å². The Hall–Kier alpha value is -1.88. The van der Waals surface area contributed by atoms with E-state index in [1.807, 2.05) is 38.1 Å². The van der Waals surface area contributed by atoms with E-state index in [1.54, 1.807) is 12.3 Å². The molecule has 0 aliphatic rings. The highest BCUT2D eigenvalue weighted by atomic mass is 79.9. The van der Waals surface area contributed by atoms with E-state index < -0.39 is 0 Å². The summed E-state index contributed by atoms with van der Waals surface area (Å²) in [6.45, 7) is 3.85. The van der Waals surface area contributed by atoms with Crippen LogP contribution in [0.4, 0.5) is 5.69 Å². The fraction of sp³-hybridized carbons (Fsp3) is 0.200. The van der Waals surface area contributed by atoms with Gasteiger partial charge in [-0.2, -0.15) is 0 Å². The SMILES string of the molecule is Cc1ccc(NC(=O)Cn2cc(C)cc(Br)c2=O)cc1. The number of halogens is 1. The van der Waals surface area contributed by atoms with Crippen LogP contribution in [-0.2, 0) is 11.3 Å². The van der Waals surface area contributed by atoms with Gasteiger partial charge in [0.05, 0.1) is 4.47 Å². The van der Waals surface area contributed by atoms with Crippen LogP contribution in [0.5, 0.6) is 0 Å². The maximum absolute atomic E-state index is 12.0. The molecule has 0 fully saturated rings. The molecule has 0 radical (unpaired) electrons. The third-order valence-corrected chi connectivity index (χ3v) is 3.40.